The summed E-state index contributed by atoms with van der Waals surface area (Å²) in [5.41, 5.74) is 2.07. The third kappa shape index (κ3) is 2.65. The first-order valence-corrected chi connectivity index (χ1v) is 6.15. The zero-order chi connectivity index (χ0) is 13.0. The van der Waals surface area contributed by atoms with E-state index in [0.29, 0.717) is 30.8 Å². The quantitative estimate of drug-likeness (QED) is 0.793. The summed E-state index contributed by atoms with van der Waals surface area (Å²) in [7, 11) is 1.57. The number of benzene rings is 1. The molecule has 0 saturated carbocycles. The van der Waals surface area contributed by atoms with Gasteiger partial charge in [0, 0.05) is 11.6 Å². The molecule has 0 aliphatic carbocycles. The highest BCUT2D eigenvalue weighted by atomic mass is 79.9. The first-order chi connectivity index (χ1) is 8.76. The number of halogens is 1. The standard InChI is InChI=1S/C12H12BrN3O2/c1-18-8-12-11(7-17)14-15-16(12)6-9-4-2-3-5-10(9)13/h2-5,7H,6,8H2,1H3. The molecule has 2 aromatic rings. The topological polar surface area (TPSA) is 57.0 Å². The molecule has 94 valence electrons. The minimum Gasteiger partial charge on any atom is -0.378 e. The van der Waals surface area contributed by atoms with Gasteiger partial charge in [-0.3, -0.25) is 4.79 Å². The zero-order valence-electron chi connectivity index (χ0n) is 9.84. The number of aromatic nitrogens is 3. The minimum atomic E-state index is 0.311. The highest BCUT2D eigenvalue weighted by Gasteiger charge is 2.12. The van der Waals surface area contributed by atoms with Gasteiger partial charge in [0.25, 0.3) is 0 Å². The van der Waals surface area contributed by atoms with Crippen LogP contribution in [0, 0.1) is 0 Å². The maximum atomic E-state index is 10.9. The maximum absolute atomic E-state index is 10.9. The smallest absolute Gasteiger partial charge is 0.172 e. The lowest BCUT2D eigenvalue weighted by atomic mass is 10.2. The fourth-order valence-electron chi connectivity index (χ4n) is 1.64. The van der Waals surface area contributed by atoms with Crippen LogP contribution in [0.5, 0.6) is 0 Å². The zero-order valence-corrected chi connectivity index (χ0v) is 11.4. The molecule has 0 aliphatic heterocycles. The van der Waals surface area contributed by atoms with E-state index in [-0.39, 0.29) is 0 Å². The predicted octanol–water partition coefficient (Wildman–Crippen LogP) is 2.05. The fraction of sp³-hybridized carbons (Fsp3) is 0.250. The van der Waals surface area contributed by atoms with E-state index < -0.39 is 0 Å². The molecular weight excluding hydrogens is 298 g/mol. The Kier molecular flexibility index (Phi) is 4.22. The van der Waals surface area contributed by atoms with Crippen molar-refractivity contribution in [3.8, 4) is 0 Å². The number of aldehydes is 1. The van der Waals surface area contributed by atoms with Crippen molar-refractivity contribution >= 4 is 22.2 Å². The van der Waals surface area contributed by atoms with Gasteiger partial charge in [-0.05, 0) is 11.6 Å². The molecule has 0 aliphatic rings. The monoisotopic (exact) mass is 309 g/mol. The number of hydrogen-bond donors (Lipinski definition) is 0. The second kappa shape index (κ2) is 5.88. The molecule has 6 heteroatoms. The second-order valence-corrected chi connectivity index (χ2v) is 4.58. The van der Waals surface area contributed by atoms with Crippen LogP contribution in [-0.4, -0.2) is 28.4 Å². The van der Waals surface area contributed by atoms with Gasteiger partial charge in [-0.15, -0.1) is 5.10 Å². The van der Waals surface area contributed by atoms with Gasteiger partial charge in [0.05, 0.1) is 18.8 Å². The van der Waals surface area contributed by atoms with Gasteiger partial charge in [-0.1, -0.05) is 39.3 Å². The van der Waals surface area contributed by atoms with Crippen molar-refractivity contribution in [2.24, 2.45) is 0 Å². The molecule has 0 amide bonds. The number of rotatable bonds is 5. The van der Waals surface area contributed by atoms with Crippen LogP contribution in [0.3, 0.4) is 0 Å². The molecule has 0 atom stereocenters. The lowest BCUT2D eigenvalue weighted by molar-refractivity contribution is 0.111. The third-order valence-corrected chi connectivity index (χ3v) is 3.31. The summed E-state index contributed by atoms with van der Waals surface area (Å²) in [6.45, 7) is 0.854. The van der Waals surface area contributed by atoms with Crippen molar-refractivity contribution in [1.29, 1.82) is 0 Å². The number of ether oxygens (including phenoxy) is 1. The normalized spacial score (nSPS) is 10.6. The van der Waals surface area contributed by atoms with Crippen LogP contribution in [0.15, 0.2) is 28.7 Å². The van der Waals surface area contributed by atoms with Gasteiger partial charge in [0.2, 0.25) is 0 Å². The average molecular weight is 310 g/mol. The molecule has 0 bridgehead atoms. The van der Waals surface area contributed by atoms with Crippen molar-refractivity contribution in [1.82, 2.24) is 15.0 Å². The molecule has 2 rings (SSSR count). The molecule has 1 aromatic heterocycles. The molecule has 0 fully saturated rings. The van der Waals surface area contributed by atoms with Gasteiger partial charge >= 0.3 is 0 Å². The Balaban J connectivity index is 2.31. The highest BCUT2D eigenvalue weighted by molar-refractivity contribution is 9.10. The Morgan fingerprint density at radius 1 is 1.44 bits per heavy atom. The van der Waals surface area contributed by atoms with Crippen LogP contribution in [0.4, 0.5) is 0 Å². The summed E-state index contributed by atoms with van der Waals surface area (Å²) >= 11 is 3.48. The fourth-order valence-corrected chi connectivity index (χ4v) is 2.05. The summed E-state index contributed by atoms with van der Waals surface area (Å²) < 4.78 is 7.74. The molecule has 0 spiro atoms. The van der Waals surface area contributed by atoms with Crippen LogP contribution >= 0.6 is 15.9 Å². The Morgan fingerprint density at radius 2 is 2.22 bits per heavy atom. The third-order valence-electron chi connectivity index (χ3n) is 2.54. The van der Waals surface area contributed by atoms with E-state index in [1.165, 1.54) is 0 Å². The van der Waals surface area contributed by atoms with E-state index in [2.05, 4.69) is 26.2 Å². The van der Waals surface area contributed by atoms with Gasteiger partial charge in [-0.25, -0.2) is 4.68 Å². The number of nitrogens with zero attached hydrogens (tertiary/aromatic N) is 3. The Hall–Kier alpha value is -1.53. The summed E-state index contributed by atoms with van der Waals surface area (Å²) in [6.07, 6.45) is 0.692. The second-order valence-electron chi connectivity index (χ2n) is 3.72. The van der Waals surface area contributed by atoms with Crippen LogP contribution < -0.4 is 0 Å². The van der Waals surface area contributed by atoms with E-state index in [0.717, 1.165) is 10.0 Å². The molecule has 5 nitrogen and oxygen atoms in total. The largest absolute Gasteiger partial charge is 0.378 e. The van der Waals surface area contributed by atoms with E-state index in [9.17, 15) is 4.79 Å². The molecule has 18 heavy (non-hydrogen) atoms. The van der Waals surface area contributed by atoms with Crippen molar-refractivity contribution in [3.05, 3.63) is 45.7 Å². The molecule has 0 N–H and O–H groups in total. The lowest BCUT2D eigenvalue weighted by Crippen LogP contribution is -2.08. The number of hydrogen-bond acceptors (Lipinski definition) is 4. The first kappa shape index (κ1) is 12.9. The Labute approximate surface area is 113 Å². The van der Waals surface area contributed by atoms with Gasteiger partial charge in [-0.2, -0.15) is 0 Å². The minimum absolute atomic E-state index is 0.311. The molecule has 1 aromatic carbocycles. The van der Waals surface area contributed by atoms with Crippen molar-refractivity contribution in [2.45, 2.75) is 13.2 Å². The summed E-state index contributed by atoms with van der Waals surface area (Å²) in [4.78, 5) is 10.9. The number of methoxy groups -OCH3 is 1. The summed E-state index contributed by atoms with van der Waals surface area (Å²) in [5.74, 6) is 0. The molecule has 1 heterocycles. The van der Waals surface area contributed by atoms with Crippen molar-refractivity contribution in [3.63, 3.8) is 0 Å². The van der Waals surface area contributed by atoms with Crippen molar-refractivity contribution < 1.29 is 9.53 Å². The van der Waals surface area contributed by atoms with Gasteiger partial charge < -0.3 is 4.74 Å². The van der Waals surface area contributed by atoms with E-state index in [4.69, 9.17) is 4.74 Å². The summed E-state index contributed by atoms with van der Waals surface area (Å²) in [5, 5.41) is 7.81. The molecular formula is C12H12BrN3O2. The van der Waals surface area contributed by atoms with E-state index >= 15 is 0 Å². The predicted molar refractivity (Wildman–Crippen MR) is 69.4 cm³/mol. The maximum Gasteiger partial charge on any atom is 0.172 e. The Morgan fingerprint density at radius 3 is 2.89 bits per heavy atom. The van der Waals surface area contributed by atoms with Gasteiger partial charge in [0.15, 0.2) is 12.0 Å². The number of carbonyl (C=O) groups excluding carboxylic acids is 1. The lowest BCUT2D eigenvalue weighted by Gasteiger charge is -2.07. The molecule has 0 radical (unpaired) electrons. The van der Waals surface area contributed by atoms with Gasteiger partial charge in [0.1, 0.15) is 0 Å². The van der Waals surface area contributed by atoms with Crippen LogP contribution in [0.25, 0.3) is 0 Å². The highest BCUT2D eigenvalue weighted by Crippen LogP contribution is 2.18. The number of carbonyl (C=O) groups is 1. The molecule has 0 saturated heterocycles. The van der Waals surface area contributed by atoms with E-state index in [1.54, 1.807) is 11.8 Å². The van der Waals surface area contributed by atoms with Crippen molar-refractivity contribution in [2.75, 3.05) is 7.11 Å². The van der Waals surface area contributed by atoms with E-state index in [1.807, 2.05) is 24.3 Å². The van der Waals surface area contributed by atoms with Crippen LogP contribution in [0.1, 0.15) is 21.7 Å². The van der Waals surface area contributed by atoms with Crippen LogP contribution in [0.2, 0.25) is 0 Å². The molecule has 0 unspecified atom stereocenters. The first-order valence-electron chi connectivity index (χ1n) is 5.36. The SMILES string of the molecule is COCc1c(C=O)nnn1Cc1ccccc1Br. The summed E-state index contributed by atoms with van der Waals surface area (Å²) in [6, 6.07) is 7.85. The average Bonchev–Trinajstić information content (AvgIpc) is 2.75. The van der Waals surface area contributed by atoms with Crippen LogP contribution in [-0.2, 0) is 17.9 Å². The Bertz CT molecular complexity index is 554.